The second-order valence-electron chi connectivity index (χ2n) is 5.92. The maximum absolute atomic E-state index is 12.6. The quantitative estimate of drug-likeness (QED) is 0.740. The smallest absolute Gasteiger partial charge is 0.435 e. The van der Waals surface area contributed by atoms with Gasteiger partial charge in [0.1, 0.15) is 12.6 Å². The summed E-state index contributed by atoms with van der Waals surface area (Å²) in [4.78, 5) is 37.6. The fourth-order valence-electron chi connectivity index (χ4n) is 2.95. The summed E-state index contributed by atoms with van der Waals surface area (Å²) >= 11 is 7.16. The summed E-state index contributed by atoms with van der Waals surface area (Å²) < 4.78 is 12.1. The van der Waals surface area contributed by atoms with Crippen LogP contribution in [-0.4, -0.2) is 47.3 Å². The lowest BCUT2D eigenvalue weighted by molar-refractivity contribution is -0.134. The van der Waals surface area contributed by atoms with Crippen molar-refractivity contribution in [1.29, 1.82) is 0 Å². The number of aromatic nitrogens is 1. The first kappa shape index (κ1) is 18.7. The molecule has 1 saturated heterocycles. The van der Waals surface area contributed by atoms with E-state index in [-0.39, 0.29) is 30.0 Å². The molecule has 1 amide bonds. The van der Waals surface area contributed by atoms with Crippen LogP contribution in [-0.2, 0) is 20.8 Å². The van der Waals surface area contributed by atoms with Crippen LogP contribution in [0.15, 0.2) is 23.0 Å². The molecule has 0 radical (unpaired) electrons. The van der Waals surface area contributed by atoms with Gasteiger partial charge in [0.15, 0.2) is 0 Å². The van der Waals surface area contributed by atoms with Crippen LogP contribution >= 0.6 is 22.9 Å². The van der Waals surface area contributed by atoms with Crippen LogP contribution in [0.5, 0.6) is 0 Å². The molecule has 2 aromatic rings. The van der Waals surface area contributed by atoms with Crippen LogP contribution in [0.3, 0.4) is 0 Å². The van der Waals surface area contributed by atoms with Gasteiger partial charge in [0.25, 0.3) is 0 Å². The van der Waals surface area contributed by atoms with Crippen LogP contribution in [0, 0.1) is 0 Å². The number of carbonyl (C=O) groups excluding carboxylic acids is 2. The summed E-state index contributed by atoms with van der Waals surface area (Å²) in [6.45, 7) is 2.90. The number of likely N-dealkylation sites (tertiary alicyclic amines) is 1. The van der Waals surface area contributed by atoms with E-state index in [9.17, 15) is 14.4 Å². The number of piperidine rings is 1. The molecule has 1 aliphatic rings. The van der Waals surface area contributed by atoms with Gasteiger partial charge in [-0.3, -0.25) is 14.2 Å². The zero-order chi connectivity index (χ0) is 18.7. The Labute approximate surface area is 159 Å². The lowest BCUT2D eigenvalue weighted by atomic mass is 10.1. The number of benzene rings is 1. The molecule has 7 nitrogen and oxygen atoms in total. The van der Waals surface area contributed by atoms with Gasteiger partial charge in [-0.15, -0.1) is 0 Å². The van der Waals surface area contributed by atoms with Gasteiger partial charge in [-0.2, -0.15) is 0 Å². The summed E-state index contributed by atoms with van der Waals surface area (Å²) in [5.41, 5.74) is 0.668. The molecule has 2 heterocycles. The maximum atomic E-state index is 12.6. The van der Waals surface area contributed by atoms with E-state index in [1.807, 2.05) is 0 Å². The number of carbonyl (C=O) groups is 2. The number of thiazole rings is 1. The highest BCUT2D eigenvalue weighted by Gasteiger charge is 2.26. The van der Waals surface area contributed by atoms with Crippen molar-refractivity contribution in [3.8, 4) is 0 Å². The van der Waals surface area contributed by atoms with E-state index in [2.05, 4.69) is 0 Å². The second-order valence-corrected chi connectivity index (χ2v) is 7.29. The average Bonchev–Trinajstić information content (AvgIpc) is 2.93. The molecule has 140 valence electrons. The molecule has 0 N–H and O–H groups in total. The van der Waals surface area contributed by atoms with Gasteiger partial charge >= 0.3 is 11.0 Å². The first-order chi connectivity index (χ1) is 12.5. The van der Waals surface area contributed by atoms with Gasteiger partial charge in [0.05, 0.1) is 21.8 Å². The SMILES string of the molecule is CCOC(=O)OC1CCN(C(=O)Cn2c(=O)sc3c(Cl)cccc32)CC1. The molecular weight excluding hydrogens is 380 g/mol. The molecule has 9 heteroatoms. The van der Waals surface area contributed by atoms with Crippen molar-refractivity contribution in [3.63, 3.8) is 0 Å². The highest BCUT2D eigenvalue weighted by Crippen LogP contribution is 2.26. The number of hydrogen-bond acceptors (Lipinski definition) is 6. The predicted octanol–water partition coefficient (Wildman–Crippen LogP) is 2.88. The van der Waals surface area contributed by atoms with E-state index in [1.54, 1.807) is 30.0 Å². The topological polar surface area (TPSA) is 77.8 Å². The van der Waals surface area contributed by atoms with Crippen LogP contribution in [0.1, 0.15) is 19.8 Å². The van der Waals surface area contributed by atoms with Crippen molar-refractivity contribution in [2.45, 2.75) is 32.4 Å². The minimum absolute atomic E-state index is 0.0252. The first-order valence-corrected chi connectivity index (χ1v) is 9.58. The van der Waals surface area contributed by atoms with Gasteiger partial charge < -0.3 is 14.4 Å². The van der Waals surface area contributed by atoms with Crippen molar-refractivity contribution < 1.29 is 19.1 Å². The fourth-order valence-corrected chi connectivity index (χ4v) is 4.13. The number of rotatable bonds is 4. The zero-order valence-corrected chi connectivity index (χ0v) is 15.8. The van der Waals surface area contributed by atoms with E-state index >= 15 is 0 Å². The number of amides is 1. The van der Waals surface area contributed by atoms with Gasteiger partial charge in [-0.1, -0.05) is 29.0 Å². The van der Waals surface area contributed by atoms with E-state index in [0.717, 1.165) is 11.3 Å². The normalized spacial score (nSPS) is 15.2. The van der Waals surface area contributed by atoms with Crippen LogP contribution in [0.4, 0.5) is 4.79 Å². The molecule has 0 aliphatic carbocycles. The van der Waals surface area contributed by atoms with E-state index < -0.39 is 6.16 Å². The van der Waals surface area contributed by atoms with Gasteiger partial charge in [0, 0.05) is 25.9 Å². The Hall–Kier alpha value is -2.06. The molecule has 0 spiro atoms. The molecule has 0 atom stereocenters. The lowest BCUT2D eigenvalue weighted by Gasteiger charge is -2.31. The molecular formula is C17H19ClN2O5S. The van der Waals surface area contributed by atoms with Crippen LogP contribution < -0.4 is 4.87 Å². The molecule has 0 saturated carbocycles. The van der Waals surface area contributed by atoms with Gasteiger partial charge in [-0.25, -0.2) is 4.79 Å². The minimum atomic E-state index is -0.676. The van der Waals surface area contributed by atoms with Gasteiger partial charge in [-0.05, 0) is 19.1 Å². The Kier molecular flexibility index (Phi) is 5.83. The molecule has 1 fully saturated rings. The summed E-state index contributed by atoms with van der Waals surface area (Å²) in [5.74, 6) is -0.138. The summed E-state index contributed by atoms with van der Waals surface area (Å²) in [5, 5.41) is 0.507. The number of hydrogen-bond donors (Lipinski definition) is 0. The van der Waals surface area contributed by atoms with Crippen LogP contribution in [0.2, 0.25) is 5.02 Å². The molecule has 1 aromatic carbocycles. The predicted molar refractivity (Wildman–Crippen MR) is 98.8 cm³/mol. The van der Waals surface area contributed by atoms with Crippen molar-refractivity contribution in [1.82, 2.24) is 9.47 Å². The molecule has 1 aliphatic heterocycles. The first-order valence-electron chi connectivity index (χ1n) is 8.38. The number of nitrogens with zero attached hydrogens (tertiary/aromatic N) is 2. The van der Waals surface area contributed by atoms with Crippen molar-refractivity contribution >= 4 is 45.2 Å². The highest BCUT2D eigenvalue weighted by atomic mass is 35.5. The Balaban J connectivity index is 1.62. The molecule has 0 bridgehead atoms. The summed E-state index contributed by atoms with van der Waals surface area (Å²) in [6.07, 6.45) is 0.178. The van der Waals surface area contributed by atoms with Gasteiger partial charge in [0.2, 0.25) is 5.91 Å². The average molecular weight is 399 g/mol. The molecule has 3 rings (SSSR count). The fraction of sp³-hybridized carbons (Fsp3) is 0.471. The van der Waals surface area contributed by atoms with Crippen molar-refractivity contribution in [3.05, 3.63) is 32.9 Å². The standard InChI is InChI=1S/C17H19ClN2O5S/c1-2-24-17(23)25-11-6-8-19(9-7-11)14(21)10-20-13-5-3-4-12(18)15(13)26-16(20)22/h3-5,11H,2,6-10H2,1H3. The maximum Gasteiger partial charge on any atom is 0.508 e. The zero-order valence-electron chi connectivity index (χ0n) is 14.3. The molecule has 26 heavy (non-hydrogen) atoms. The Bertz CT molecular complexity index is 870. The number of halogens is 1. The number of ether oxygens (including phenoxy) is 2. The monoisotopic (exact) mass is 398 g/mol. The largest absolute Gasteiger partial charge is 0.508 e. The van der Waals surface area contributed by atoms with E-state index in [1.165, 1.54) is 4.57 Å². The van der Waals surface area contributed by atoms with Crippen LogP contribution in [0.25, 0.3) is 10.2 Å². The lowest BCUT2D eigenvalue weighted by Crippen LogP contribution is -2.43. The second kappa shape index (κ2) is 8.09. The Morgan fingerprint density at radius 2 is 2.04 bits per heavy atom. The minimum Gasteiger partial charge on any atom is -0.435 e. The van der Waals surface area contributed by atoms with Crippen molar-refractivity contribution in [2.24, 2.45) is 0 Å². The highest BCUT2D eigenvalue weighted by molar-refractivity contribution is 7.17. The summed E-state index contributed by atoms with van der Waals surface area (Å²) in [6, 6.07) is 5.27. The third-order valence-electron chi connectivity index (χ3n) is 4.26. The Morgan fingerprint density at radius 1 is 1.31 bits per heavy atom. The number of fused-ring (bicyclic) bond motifs is 1. The molecule has 1 aromatic heterocycles. The molecule has 0 unspecified atom stereocenters. The third-order valence-corrected chi connectivity index (χ3v) is 5.72. The van der Waals surface area contributed by atoms with E-state index in [0.29, 0.717) is 41.2 Å². The van der Waals surface area contributed by atoms with Crippen molar-refractivity contribution in [2.75, 3.05) is 19.7 Å². The van der Waals surface area contributed by atoms with E-state index in [4.69, 9.17) is 21.1 Å². The third kappa shape index (κ3) is 4.02. The summed E-state index contributed by atoms with van der Waals surface area (Å²) in [7, 11) is 0. The Morgan fingerprint density at radius 3 is 2.73 bits per heavy atom.